The molecule has 0 bridgehead atoms. The molecule has 0 aromatic carbocycles. The van der Waals surface area contributed by atoms with Gasteiger partial charge in [0.15, 0.2) is 0 Å². The Kier molecular flexibility index (Phi) is 6.18. The summed E-state index contributed by atoms with van der Waals surface area (Å²) in [5.74, 6) is 0. The van der Waals surface area contributed by atoms with Crippen molar-refractivity contribution in [2.24, 2.45) is 0 Å². The second kappa shape index (κ2) is 6.38. The first-order valence-corrected chi connectivity index (χ1v) is 4.15. The summed E-state index contributed by atoms with van der Waals surface area (Å²) < 4.78 is 0. The van der Waals surface area contributed by atoms with Crippen molar-refractivity contribution >= 4 is 0 Å². The molecule has 0 saturated heterocycles. The van der Waals surface area contributed by atoms with Crippen LogP contribution in [0.1, 0.15) is 33.1 Å². The molecular weight excluding hydrogens is 140 g/mol. The van der Waals surface area contributed by atoms with Crippen molar-refractivity contribution in [1.29, 1.82) is 0 Å². The van der Waals surface area contributed by atoms with Gasteiger partial charge >= 0.3 is 0 Å². The molecule has 0 aliphatic heterocycles. The highest BCUT2D eigenvalue weighted by molar-refractivity contribution is 4.85. The number of aliphatic hydroxyl groups is 2. The minimum absolute atomic E-state index is 0.199. The molecule has 2 nitrogen and oxygen atoms in total. The number of unbranched alkanes of at least 4 members (excludes halogenated alkanes) is 1. The summed E-state index contributed by atoms with van der Waals surface area (Å²) in [7, 11) is 0. The normalized spacial score (nSPS) is 17.1. The quantitative estimate of drug-likeness (QED) is 0.470. The fraction of sp³-hybridized carbons (Fsp3) is 0.778. The Balaban J connectivity index is 3.14. The van der Waals surface area contributed by atoms with Gasteiger partial charge in [-0.3, -0.25) is 0 Å². The highest BCUT2D eigenvalue weighted by Crippen LogP contribution is 2.00. The van der Waals surface area contributed by atoms with Gasteiger partial charge in [-0.25, -0.2) is 0 Å². The molecule has 0 aromatic heterocycles. The van der Waals surface area contributed by atoms with Gasteiger partial charge < -0.3 is 10.2 Å². The average molecular weight is 158 g/mol. The molecule has 0 rings (SSSR count). The SMILES string of the molecule is C[C@H](O)CCC/C=C\[C@@H](C)O. The highest BCUT2D eigenvalue weighted by Gasteiger charge is 1.92. The van der Waals surface area contributed by atoms with Crippen LogP contribution in [0, 0.1) is 0 Å². The molecule has 0 unspecified atom stereocenters. The topological polar surface area (TPSA) is 40.5 Å². The van der Waals surface area contributed by atoms with Crippen molar-refractivity contribution in [2.45, 2.75) is 45.3 Å². The summed E-state index contributed by atoms with van der Waals surface area (Å²) in [5, 5.41) is 17.7. The van der Waals surface area contributed by atoms with Crippen molar-refractivity contribution in [3.63, 3.8) is 0 Å². The van der Waals surface area contributed by atoms with Crippen LogP contribution in [0.15, 0.2) is 12.2 Å². The largest absolute Gasteiger partial charge is 0.393 e. The van der Waals surface area contributed by atoms with Gasteiger partial charge in [0.1, 0.15) is 0 Å². The molecule has 0 fully saturated rings. The van der Waals surface area contributed by atoms with E-state index in [2.05, 4.69) is 0 Å². The third-order valence-corrected chi connectivity index (χ3v) is 1.41. The summed E-state index contributed by atoms with van der Waals surface area (Å²) >= 11 is 0. The van der Waals surface area contributed by atoms with E-state index in [0.29, 0.717) is 0 Å². The molecule has 0 aromatic rings. The van der Waals surface area contributed by atoms with Crippen LogP contribution in [0.5, 0.6) is 0 Å². The maximum absolute atomic E-state index is 8.89. The maximum atomic E-state index is 8.89. The molecule has 11 heavy (non-hydrogen) atoms. The van der Waals surface area contributed by atoms with Crippen LogP contribution in [0.3, 0.4) is 0 Å². The smallest absolute Gasteiger partial charge is 0.0692 e. The third kappa shape index (κ3) is 9.66. The van der Waals surface area contributed by atoms with Gasteiger partial charge in [-0.05, 0) is 33.1 Å². The number of aliphatic hydroxyl groups excluding tert-OH is 2. The average Bonchev–Trinajstić information content (AvgIpc) is 1.85. The number of allylic oxidation sites excluding steroid dienone is 1. The maximum Gasteiger partial charge on any atom is 0.0692 e. The lowest BCUT2D eigenvalue weighted by atomic mass is 10.1. The number of hydrogen-bond donors (Lipinski definition) is 2. The van der Waals surface area contributed by atoms with E-state index >= 15 is 0 Å². The fourth-order valence-corrected chi connectivity index (χ4v) is 0.824. The van der Waals surface area contributed by atoms with E-state index < -0.39 is 0 Å². The zero-order valence-corrected chi connectivity index (χ0v) is 7.33. The lowest BCUT2D eigenvalue weighted by Crippen LogP contribution is -1.98. The molecule has 0 radical (unpaired) electrons. The molecule has 2 atom stereocenters. The van der Waals surface area contributed by atoms with E-state index in [1.165, 1.54) is 0 Å². The molecule has 2 heteroatoms. The zero-order valence-electron chi connectivity index (χ0n) is 7.33. The molecular formula is C9H18O2. The van der Waals surface area contributed by atoms with E-state index in [9.17, 15) is 0 Å². The monoisotopic (exact) mass is 158 g/mol. The van der Waals surface area contributed by atoms with E-state index in [-0.39, 0.29) is 12.2 Å². The van der Waals surface area contributed by atoms with Crippen LogP contribution in [-0.2, 0) is 0 Å². The fourth-order valence-electron chi connectivity index (χ4n) is 0.824. The van der Waals surface area contributed by atoms with Gasteiger partial charge in [0.05, 0.1) is 12.2 Å². The Bertz CT molecular complexity index is 106. The highest BCUT2D eigenvalue weighted by atomic mass is 16.3. The summed E-state index contributed by atoms with van der Waals surface area (Å²) in [6, 6.07) is 0. The van der Waals surface area contributed by atoms with E-state index in [0.717, 1.165) is 19.3 Å². The molecule has 2 N–H and O–H groups in total. The van der Waals surface area contributed by atoms with Gasteiger partial charge in [0.2, 0.25) is 0 Å². The molecule has 0 aliphatic carbocycles. The van der Waals surface area contributed by atoms with Crippen LogP contribution < -0.4 is 0 Å². The van der Waals surface area contributed by atoms with E-state index in [1.807, 2.05) is 6.08 Å². The molecule has 0 spiro atoms. The zero-order chi connectivity index (χ0) is 8.69. The lowest BCUT2D eigenvalue weighted by Gasteiger charge is -2.00. The van der Waals surface area contributed by atoms with Crippen molar-refractivity contribution in [3.05, 3.63) is 12.2 Å². The second-order valence-electron chi connectivity index (χ2n) is 2.95. The lowest BCUT2D eigenvalue weighted by molar-refractivity contribution is 0.182. The van der Waals surface area contributed by atoms with Crippen molar-refractivity contribution in [3.8, 4) is 0 Å². The third-order valence-electron chi connectivity index (χ3n) is 1.41. The Hall–Kier alpha value is -0.340. The van der Waals surface area contributed by atoms with Crippen molar-refractivity contribution in [1.82, 2.24) is 0 Å². The molecule has 0 aliphatic rings. The predicted octanol–water partition coefficient (Wildman–Crippen LogP) is 1.47. The summed E-state index contributed by atoms with van der Waals surface area (Å²) in [6.45, 7) is 3.52. The number of rotatable bonds is 5. The van der Waals surface area contributed by atoms with E-state index in [4.69, 9.17) is 10.2 Å². The first-order chi connectivity index (χ1) is 5.13. The molecule has 0 heterocycles. The minimum atomic E-state index is -0.346. The van der Waals surface area contributed by atoms with Gasteiger partial charge in [0, 0.05) is 0 Å². The molecule has 0 amide bonds. The van der Waals surface area contributed by atoms with Gasteiger partial charge in [-0.1, -0.05) is 12.2 Å². The predicted molar refractivity (Wildman–Crippen MR) is 46.4 cm³/mol. The number of hydrogen-bond acceptors (Lipinski definition) is 2. The van der Waals surface area contributed by atoms with Crippen molar-refractivity contribution < 1.29 is 10.2 Å². The van der Waals surface area contributed by atoms with Crippen molar-refractivity contribution in [2.75, 3.05) is 0 Å². The minimum Gasteiger partial charge on any atom is -0.393 e. The Morgan fingerprint density at radius 2 is 1.91 bits per heavy atom. The van der Waals surface area contributed by atoms with Gasteiger partial charge in [-0.2, -0.15) is 0 Å². The Labute approximate surface area is 68.6 Å². The summed E-state index contributed by atoms with van der Waals surface area (Å²) in [4.78, 5) is 0. The van der Waals surface area contributed by atoms with Crippen LogP contribution in [0.4, 0.5) is 0 Å². The second-order valence-corrected chi connectivity index (χ2v) is 2.95. The van der Waals surface area contributed by atoms with Gasteiger partial charge in [0.25, 0.3) is 0 Å². The van der Waals surface area contributed by atoms with Crippen LogP contribution in [-0.4, -0.2) is 22.4 Å². The Morgan fingerprint density at radius 1 is 1.27 bits per heavy atom. The Morgan fingerprint density at radius 3 is 2.36 bits per heavy atom. The van der Waals surface area contributed by atoms with Gasteiger partial charge in [-0.15, -0.1) is 0 Å². The molecule has 66 valence electrons. The summed E-state index contributed by atoms with van der Waals surface area (Å²) in [5.41, 5.74) is 0. The molecule has 0 saturated carbocycles. The standard InChI is InChI=1S/C9H18O2/c1-8(10)6-4-3-5-7-9(2)11/h4,6,8-11H,3,5,7H2,1-2H3/b6-4-/t8-,9+/m1/s1. The van der Waals surface area contributed by atoms with Crippen LogP contribution in [0.2, 0.25) is 0 Å². The van der Waals surface area contributed by atoms with Crippen LogP contribution in [0.25, 0.3) is 0 Å². The van der Waals surface area contributed by atoms with Crippen LogP contribution >= 0.6 is 0 Å². The first kappa shape index (κ1) is 10.7. The first-order valence-electron chi connectivity index (χ1n) is 4.15. The van der Waals surface area contributed by atoms with E-state index in [1.54, 1.807) is 19.9 Å². The summed E-state index contributed by atoms with van der Waals surface area (Å²) in [6.07, 6.45) is 5.94.